The molecule has 0 saturated carbocycles. The number of halogens is 1. The molecule has 0 saturated heterocycles. The van der Waals surface area contributed by atoms with E-state index in [9.17, 15) is 4.79 Å². The first-order chi connectivity index (χ1) is 14.7. The number of benzene rings is 2. The fourth-order valence-electron chi connectivity index (χ4n) is 2.93. The highest BCUT2D eigenvalue weighted by molar-refractivity contribution is 9.10. The molecule has 1 N–H and O–H groups in total. The Hall–Kier alpha value is -2.42. The van der Waals surface area contributed by atoms with Gasteiger partial charge >= 0.3 is 0 Å². The second kappa shape index (κ2) is 10.1. The molecular weight excluding hydrogens is 480 g/mol. The lowest BCUT2D eigenvalue weighted by Gasteiger charge is -2.11. The first-order valence-corrected chi connectivity index (χ1v) is 12.0. The lowest BCUT2D eigenvalue weighted by molar-refractivity contribution is -0.118. The molecule has 0 aliphatic heterocycles. The third-order valence-electron chi connectivity index (χ3n) is 4.39. The first-order valence-electron chi connectivity index (χ1n) is 9.34. The standard InChI is InChI=1S/C22H19BrN4OS2/c23-19-11-5-4-10-18(19)21-25-26-22(27(21)14-16-7-2-1-3-8-16)30-15-20(28)24-13-17-9-6-12-29-17/h1-12H,13-15H2,(H,24,28). The predicted molar refractivity (Wildman–Crippen MR) is 126 cm³/mol. The highest BCUT2D eigenvalue weighted by atomic mass is 79.9. The van der Waals surface area contributed by atoms with Crippen molar-refractivity contribution in [3.05, 3.63) is 87.0 Å². The Morgan fingerprint density at radius 2 is 1.83 bits per heavy atom. The van der Waals surface area contributed by atoms with E-state index in [4.69, 9.17) is 0 Å². The number of carbonyl (C=O) groups excluding carboxylic acids is 1. The van der Waals surface area contributed by atoms with Crippen LogP contribution in [0.25, 0.3) is 11.4 Å². The predicted octanol–water partition coefficient (Wildman–Crippen LogP) is 5.23. The van der Waals surface area contributed by atoms with Gasteiger partial charge in [0.2, 0.25) is 5.91 Å². The summed E-state index contributed by atoms with van der Waals surface area (Å²) in [4.78, 5) is 13.5. The van der Waals surface area contributed by atoms with Crippen LogP contribution in [0.2, 0.25) is 0 Å². The van der Waals surface area contributed by atoms with Gasteiger partial charge in [-0.05, 0) is 23.1 Å². The summed E-state index contributed by atoms with van der Waals surface area (Å²) in [5, 5.41) is 14.5. The topological polar surface area (TPSA) is 59.8 Å². The van der Waals surface area contributed by atoms with E-state index in [2.05, 4.69) is 48.1 Å². The fourth-order valence-corrected chi connectivity index (χ4v) is 4.80. The van der Waals surface area contributed by atoms with Crippen LogP contribution in [0.5, 0.6) is 0 Å². The van der Waals surface area contributed by atoms with Gasteiger partial charge in [-0.1, -0.05) is 82.3 Å². The molecule has 0 unspecified atom stereocenters. The smallest absolute Gasteiger partial charge is 0.230 e. The fraction of sp³-hybridized carbons (Fsp3) is 0.136. The van der Waals surface area contributed by atoms with Crippen molar-refractivity contribution < 1.29 is 4.79 Å². The van der Waals surface area contributed by atoms with E-state index in [0.29, 0.717) is 13.1 Å². The van der Waals surface area contributed by atoms with Gasteiger partial charge in [0, 0.05) is 14.9 Å². The quantitative estimate of drug-likeness (QED) is 0.338. The van der Waals surface area contributed by atoms with Crippen LogP contribution in [0.4, 0.5) is 0 Å². The van der Waals surface area contributed by atoms with E-state index in [0.717, 1.165) is 31.5 Å². The van der Waals surface area contributed by atoms with Crippen LogP contribution in [0.1, 0.15) is 10.4 Å². The lowest BCUT2D eigenvalue weighted by atomic mass is 10.2. The van der Waals surface area contributed by atoms with Crippen molar-refractivity contribution in [2.45, 2.75) is 18.2 Å². The largest absolute Gasteiger partial charge is 0.350 e. The van der Waals surface area contributed by atoms with Crippen molar-refractivity contribution in [3.63, 3.8) is 0 Å². The lowest BCUT2D eigenvalue weighted by Crippen LogP contribution is -2.24. The van der Waals surface area contributed by atoms with Crippen LogP contribution in [0.3, 0.4) is 0 Å². The maximum Gasteiger partial charge on any atom is 0.230 e. The second-order valence-corrected chi connectivity index (χ2v) is 9.33. The van der Waals surface area contributed by atoms with E-state index < -0.39 is 0 Å². The summed E-state index contributed by atoms with van der Waals surface area (Å²) in [5.41, 5.74) is 2.12. The highest BCUT2D eigenvalue weighted by Crippen LogP contribution is 2.30. The van der Waals surface area contributed by atoms with E-state index in [1.54, 1.807) is 11.3 Å². The Morgan fingerprint density at radius 3 is 2.60 bits per heavy atom. The molecule has 0 fully saturated rings. The van der Waals surface area contributed by atoms with Gasteiger partial charge in [-0.25, -0.2) is 0 Å². The van der Waals surface area contributed by atoms with Gasteiger partial charge in [0.05, 0.1) is 18.8 Å². The number of carbonyl (C=O) groups is 1. The number of amides is 1. The van der Waals surface area contributed by atoms with Gasteiger partial charge in [0.25, 0.3) is 0 Å². The van der Waals surface area contributed by atoms with Crippen LogP contribution in [-0.2, 0) is 17.9 Å². The Morgan fingerprint density at radius 1 is 1.03 bits per heavy atom. The summed E-state index contributed by atoms with van der Waals surface area (Å²) >= 11 is 6.64. The number of nitrogens with zero attached hydrogens (tertiary/aromatic N) is 3. The van der Waals surface area contributed by atoms with Crippen molar-refractivity contribution in [1.29, 1.82) is 0 Å². The summed E-state index contributed by atoms with van der Waals surface area (Å²) in [6, 6.07) is 22.1. The number of hydrogen-bond donors (Lipinski definition) is 1. The third kappa shape index (κ3) is 5.19. The van der Waals surface area contributed by atoms with Crippen LogP contribution in [0, 0.1) is 0 Å². The summed E-state index contributed by atoms with van der Waals surface area (Å²) < 4.78 is 3.02. The van der Waals surface area contributed by atoms with E-state index >= 15 is 0 Å². The summed E-state index contributed by atoms with van der Waals surface area (Å²) in [6.07, 6.45) is 0. The molecule has 0 spiro atoms. The maximum atomic E-state index is 12.3. The van der Waals surface area contributed by atoms with Crippen molar-refractivity contribution in [3.8, 4) is 11.4 Å². The summed E-state index contributed by atoms with van der Waals surface area (Å²) in [6.45, 7) is 1.18. The molecule has 2 aromatic carbocycles. The average molecular weight is 499 g/mol. The number of hydrogen-bond acceptors (Lipinski definition) is 5. The number of rotatable bonds is 8. The number of thiophene rings is 1. The molecule has 1 amide bonds. The SMILES string of the molecule is O=C(CSc1nnc(-c2ccccc2Br)n1Cc1ccccc1)NCc1cccs1. The Bertz CT molecular complexity index is 1110. The maximum absolute atomic E-state index is 12.3. The molecule has 0 radical (unpaired) electrons. The molecule has 30 heavy (non-hydrogen) atoms. The molecule has 0 bridgehead atoms. The average Bonchev–Trinajstić information content (AvgIpc) is 3.42. The molecular formula is C22H19BrN4OS2. The minimum atomic E-state index is -0.0231. The van der Waals surface area contributed by atoms with Crippen LogP contribution in [-0.4, -0.2) is 26.4 Å². The molecule has 0 atom stereocenters. The normalized spacial score (nSPS) is 10.8. The Kier molecular flexibility index (Phi) is 6.99. The molecule has 152 valence electrons. The zero-order chi connectivity index (χ0) is 20.8. The van der Waals surface area contributed by atoms with Crippen LogP contribution >= 0.6 is 39.0 Å². The Labute approximate surface area is 191 Å². The molecule has 0 aliphatic rings. The molecule has 2 aromatic heterocycles. The van der Waals surface area contributed by atoms with Crippen molar-refractivity contribution in [2.75, 3.05) is 5.75 Å². The molecule has 5 nitrogen and oxygen atoms in total. The van der Waals surface area contributed by atoms with Gasteiger partial charge in [-0.3, -0.25) is 9.36 Å². The molecule has 0 aliphatic carbocycles. The highest BCUT2D eigenvalue weighted by Gasteiger charge is 2.17. The zero-order valence-corrected chi connectivity index (χ0v) is 19.2. The molecule has 8 heteroatoms. The molecule has 2 heterocycles. The monoisotopic (exact) mass is 498 g/mol. The van der Waals surface area contributed by atoms with Gasteiger partial charge in [-0.15, -0.1) is 21.5 Å². The minimum Gasteiger partial charge on any atom is -0.350 e. The Balaban J connectivity index is 1.53. The third-order valence-corrected chi connectivity index (χ3v) is 6.92. The summed E-state index contributed by atoms with van der Waals surface area (Å²) in [5.74, 6) is 1.03. The number of nitrogens with one attached hydrogen (secondary N) is 1. The van der Waals surface area contributed by atoms with E-state index in [1.807, 2.05) is 60.0 Å². The van der Waals surface area contributed by atoms with Gasteiger partial charge in [0.15, 0.2) is 11.0 Å². The minimum absolute atomic E-state index is 0.0231. The van der Waals surface area contributed by atoms with Crippen molar-refractivity contribution in [2.24, 2.45) is 0 Å². The molecule has 4 aromatic rings. The first kappa shape index (κ1) is 20.8. The number of aromatic nitrogens is 3. The van der Waals surface area contributed by atoms with Gasteiger partial charge in [-0.2, -0.15) is 0 Å². The zero-order valence-electron chi connectivity index (χ0n) is 16.0. The summed E-state index contributed by atoms with van der Waals surface area (Å²) in [7, 11) is 0. The molecule has 4 rings (SSSR count). The van der Waals surface area contributed by atoms with Gasteiger partial charge < -0.3 is 5.32 Å². The van der Waals surface area contributed by atoms with E-state index in [-0.39, 0.29) is 11.7 Å². The van der Waals surface area contributed by atoms with Crippen molar-refractivity contribution in [1.82, 2.24) is 20.1 Å². The van der Waals surface area contributed by atoms with E-state index in [1.165, 1.54) is 11.8 Å². The van der Waals surface area contributed by atoms with Gasteiger partial charge in [0.1, 0.15) is 0 Å². The number of thioether (sulfide) groups is 1. The van der Waals surface area contributed by atoms with Crippen molar-refractivity contribution >= 4 is 44.9 Å². The second-order valence-electron chi connectivity index (χ2n) is 6.50. The van der Waals surface area contributed by atoms with Crippen LogP contribution < -0.4 is 5.32 Å². The van der Waals surface area contributed by atoms with Crippen LogP contribution in [0.15, 0.2) is 81.7 Å².